The minimum atomic E-state index is -0.319. The highest BCUT2D eigenvalue weighted by Gasteiger charge is 1.84. The minimum Gasteiger partial charge on any atom is -0.320 e. The van der Waals surface area contributed by atoms with Gasteiger partial charge in [-0.15, -0.1) is 10.2 Å². The van der Waals surface area contributed by atoms with Crippen molar-refractivity contribution in [3.05, 3.63) is 0 Å². The number of nitrogens with zero attached hydrogens (tertiary/aromatic N) is 3. The molecule has 0 aliphatic carbocycles. The SMILES string of the molecule is N#CC(N=N)=NN. The molecule has 0 rings (SSSR count). The third kappa shape index (κ3) is 1.44. The van der Waals surface area contributed by atoms with Crippen LogP contribution in [-0.4, -0.2) is 5.84 Å². The molecule has 0 atom stereocenters. The molecule has 36 valence electrons. The molecule has 0 bridgehead atoms. The van der Waals surface area contributed by atoms with E-state index in [1.165, 1.54) is 6.07 Å². The second kappa shape index (κ2) is 2.78. The first-order valence-corrected chi connectivity index (χ1v) is 1.40. The van der Waals surface area contributed by atoms with Crippen molar-refractivity contribution in [1.29, 1.82) is 10.8 Å². The fourth-order valence-corrected chi connectivity index (χ4v) is 0.0827. The second-order valence-electron chi connectivity index (χ2n) is 0.676. The standard InChI is InChI=1S/C2H3N5/c3-1-2(6-4)7-5/h4H,5H2. The Kier molecular flexibility index (Phi) is 2.21. The van der Waals surface area contributed by atoms with Gasteiger partial charge in [0.15, 0.2) is 0 Å². The molecule has 0 aromatic rings. The van der Waals surface area contributed by atoms with Gasteiger partial charge in [-0.1, -0.05) is 0 Å². The lowest BCUT2D eigenvalue weighted by Gasteiger charge is -1.72. The fraction of sp³-hybridized carbons (Fsp3) is 0. The summed E-state index contributed by atoms with van der Waals surface area (Å²) in [5, 5.41) is 13.3. The lowest BCUT2D eigenvalue weighted by atomic mass is 10.7. The number of hydrogen-bond donors (Lipinski definition) is 2. The highest BCUT2D eigenvalue weighted by Crippen LogP contribution is 1.69. The summed E-state index contributed by atoms with van der Waals surface area (Å²) in [6, 6.07) is 1.47. The second-order valence-corrected chi connectivity index (χ2v) is 0.676. The van der Waals surface area contributed by atoms with Crippen LogP contribution in [0.15, 0.2) is 10.2 Å². The third-order valence-corrected chi connectivity index (χ3v) is 0.328. The van der Waals surface area contributed by atoms with E-state index in [0.29, 0.717) is 0 Å². The van der Waals surface area contributed by atoms with E-state index in [1.807, 2.05) is 0 Å². The number of amidine groups is 1. The monoisotopic (exact) mass is 97.0 g/mol. The average molecular weight is 97.1 g/mol. The number of hydrogen-bond acceptors (Lipinski definition) is 4. The molecule has 0 aliphatic heterocycles. The van der Waals surface area contributed by atoms with E-state index in [1.54, 1.807) is 0 Å². The summed E-state index contributed by atoms with van der Waals surface area (Å²) >= 11 is 0. The van der Waals surface area contributed by atoms with Gasteiger partial charge in [-0.2, -0.15) is 5.26 Å². The number of nitriles is 1. The first-order valence-electron chi connectivity index (χ1n) is 1.40. The Morgan fingerprint density at radius 1 is 1.86 bits per heavy atom. The number of hydrazone groups is 1. The molecule has 0 amide bonds. The summed E-state index contributed by atoms with van der Waals surface area (Å²) < 4.78 is 0. The molecular weight excluding hydrogens is 94.1 g/mol. The van der Waals surface area contributed by atoms with Crippen LogP contribution in [0.25, 0.3) is 0 Å². The molecule has 0 spiro atoms. The summed E-state index contributed by atoms with van der Waals surface area (Å²) in [5.41, 5.74) is 6.15. The maximum atomic E-state index is 7.85. The highest BCUT2D eigenvalue weighted by atomic mass is 15.2. The molecule has 0 fully saturated rings. The molecule has 0 unspecified atom stereocenters. The van der Waals surface area contributed by atoms with Crippen LogP contribution in [0.2, 0.25) is 0 Å². The van der Waals surface area contributed by atoms with Crippen molar-refractivity contribution in [3.63, 3.8) is 0 Å². The first kappa shape index (κ1) is 5.56. The van der Waals surface area contributed by atoms with E-state index in [0.717, 1.165) is 0 Å². The predicted octanol–water partition coefficient (Wildman–Crippen LogP) is -0.187. The van der Waals surface area contributed by atoms with Gasteiger partial charge in [0.1, 0.15) is 6.07 Å². The zero-order valence-corrected chi connectivity index (χ0v) is 3.42. The van der Waals surface area contributed by atoms with Crippen molar-refractivity contribution in [1.82, 2.24) is 0 Å². The largest absolute Gasteiger partial charge is 0.320 e. The van der Waals surface area contributed by atoms with Gasteiger partial charge in [-0.3, -0.25) is 0 Å². The van der Waals surface area contributed by atoms with Crippen molar-refractivity contribution in [2.75, 3.05) is 0 Å². The lowest BCUT2D eigenvalue weighted by Crippen LogP contribution is -1.91. The molecule has 0 aliphatic rings. The number of rotatable bonds is 0. The Morgan fingerprint density at radius 2 is 2.43 bits per heavy atom. The van der Waals surface area contributed by atoms with Gasteiger partial charge in [-0.25, -0.2) is 5.53 Å². The van der Waals surface area contributed by atoms with Crippen LogP contribution in [0.5, 0.6) is 0 Å². The van der Waals surface area contributed by atoms with Crippen molar-refractivity contribution in [3.8, 4) is 6.07 Å². The topological polar surface area (TPSA) is 98.4 Å². The predicted molar refractivity (Wildman–Crippen MR) is 22.4 cm³/mol. The zero-order chi connectivity index (χ0) is 5.70. The van der Waals surface area contributed by atoms with Gasteiger partial charge in [0.05, 0.1) is 0 Å². The summed E-state index contributed by atoms with van der Waals surface area (Å²) in [4.78, 5) is 0. The van der Waals surface area contributed by atoms with Crippen LogP contribution in [0.3, 0.4) is 0 Å². The first-order chi connectivity index (χ1) is 3.35. The Morgan fingerprint density at radius 3 is 2.43 bits per heavy atom. The molecule has 5 heteroatoms. The smallest absolute Gasteiger partial charge is 0.268 e. The Labute approximate surface area is 39.9 Å². The number of nitrogens with two attached hydrogens (primary N) is 1. The lowest BCUT2D eigenvalue weighted by molar-refractivity contribution is 1.14. The fourth-order valence-electron chi connectivity index (χ4n) is 0.0827. The van der Waals surface area contributed by atoms with Gasteiger partial charge in [0, 0.05) is 0 Å². The number of nitrogens with one attached hydrogen (secondary N) is 1. The Bertz CT molecular complexity index is 128. The van der Waals surface area contributed by atoms with Crippen molar-refractivity contribution >= 4 is 5.84 Å². The van der Waals surface area contributed by atoms with Crippen LogP contribution >= 0.6 is 0 Å². The maximum Gasteiger partial charge on any atom is 0.268 e. The molecule has 0 saturated carbocycles. The highest BCUT2D eigenvalue weighted by molar-refractivity contribution is 5.96. The van der Waals surface area contributed by atoms with E-state index in [4.69, 9.17) is 10.8 Å². The van der Waals surface area contributed by atoms with Gasteiger partial charge in [0.25, 0.3) is 5.84 Å². The molecule has 5 nitrogen and oxygen atoms in total. The third-order valence-electron chi connectivity index (χ3n) is 0.328. The normalized spacial score (nSPS) is 9.86. The maximum absolute atomic E-state index is 7.85. The van der Waals surface area contributed by atoms with Crippen molar-refractivity contribution in [2.45, 2.75) is 0 Å². The van der Waals surface area contributed by atoms with Crippen LogP contribution in [0, 0.1) is 16.9 Å². The van der Waals surface area contributed by atoms with E-state index in [2.05, 4.69) is 16.1 Å². The molecule has 3 N–H and O–H groups in total. The molecule has 7 heavy (non-hydrogen) atoms. The summed E-state index contributed by atoms with van der Waals surface area (Å²) in [5.74, 6) is 4.23. The molecule has 0 heterocycles. The quantitative estimate of drug-likeness (QED) is 0.144. The van der Waals surface area contributed by atoms with Crippen molar-refractivity contribution in [2.24, 2.45) is 16.1 Å². The summed E-state index contributed by atoms with van der Waals surface area (Å²) in [6.45, 7) is 0. The molecule has 0 saturated heterocycles. The van der Waals surface area contributed by atoms with Crippen molar-refractivity contribution < 1.29 is 0 Å². The van der Waals surface area contributed by atoms with Crippen LogP contribution in [0.1, 0.15) is 0 Å². The minimum absolute atomic E-state index is 0.319. The molecule has 0 aromatic carbocycles. The molecular formula is C2H3N5. The Balaban J connectivity index is 3.94. The van der Waals surface area contributed by atoms with Gasteiger partial charge in [0.2, 0.25) is 0 Å². The van der Waals surface area contributed by atoms with E-state index < -0.39 is 0 Å². The molecule has 0 aromatic heterocycles. The van der Waals surface area contributed by atoms with Crippen LogP contribution in [-0.2, 0) is 0 Å². The molecule has 0 radical (unpaired) electrons. The Hall–Kier alpha value is -1.44. The van der Waals surface area contributed by atoms with Gasteiger partial charge >= 0.3 is 0 Å². The van der Waals surface area contributed by atoms with Gasteiger partial charge < -0.3 is 5.84 Å². The summed E-state index contributed by atoms with van der Waals surface area (Å²) in [6.07, 6.45) is 0. The van der Waals surface area contributed by atoms with E-state index >= 15 is 0 Å². The van der Waals surface area contributed by atoms with E-state index in [9.17, 15) is 0 Å². The van der Waals surface area contributed by atoms with E-state index in [-0.39, 0.29) is 5.84 Å². The summed E-state index contributed by atoms with van der Waals surface area (Å²) in [7, 11) is 0. The van der Waals surface area contributed by atoms with Crippen LogP contribution in [0.4, 0.5) is 0 Å². The average Bonchev–Trinajstić information content (AvgIpc) is 1.72. The van der Waals surface area contributed by atoms with Gasteiger partial charge in [-0.05, 0) is 0 Å². The zero-order valence-electron chi connectivity index (χ0n) is 3.42. The van der Waals surface area contributed by atoms with Crippen LogP contribution < -0.4 is 5.84 Å².